The van der Waals surface area contributed by atoms with Crippen LogP contribution >= 0.6 is 0 Å². The van der Waals surface area contributed by atoms with Crippen molar-refractivity contribution in [1.82, 2.24) is 0 Å². The first-order valence-corrected chi connectivity index (χ1v) is 4.56. The second kappa shape index (κ2) is 1.79. The van der Waals surface area contributed by atoms with E-state index in [2.05, 4.69) is 12.1 Å². The monoisotopic (exact) mass is 151 g/mol. The third-order valence-corrected chi connectivity index (χ3v) is 3.64. The van der Waals surface area contributed by atoms with E-state index in [1.54, 1.807) is 0 Å². The maximum absolute atomic E-state index is 5.41. The second-order valence-corrected chi connectivity index (χ2v) is 4.16. The van der Waals surface area contributed by atoms with Gasteiger partial charge >= 0.3 is 0 Å². The molecule has 0 saturated heterocycles. The van der Waals surface area contributed by atoms with Crippen molar-refractivity contribution in [1.29, 1.82) is 0 Å². The highest BCUT2D eigenvalue weighted by Gasteiger charge is 2.52. The molecule has 60 valence electrons. The van der Waals surface area contributed by atoms with Gasteiger partial charge in [-0.05, 0) is 38.0 Å². The number of nitrogens with zero attached hydrogens (tertiary/aromatic N) is 1. The fourth-order valence-corrected chi connectivity index (χ4v) is 3.17. The first-order valence-electron chi connectivity index (χ1n) is 4.56. The summed E-state index contributed by atoms with van der Waals surface area (Å²) in [6.07, 6.45) is 4.69. The molecule has 2 saturated carbocycles. The Morgan fingerprint density at radius 1 is 1.36 bits per heavy atom. The zero-order valence-electron chi connectivity index (χ0n) is 6.79. The van der Waals surface area contributed by atoms with Gasteiger partial charge < -0.3 is 4.84 Å². The van der Waals surface area contributed by atoms with Crippen molar-refractivity contribution in [3.8, 4) is 0 Å². The van der Waals surface area contributed by atoms with Gasteiger partial charge in [-0.15, -0.1) is 0 Å². The van der Waals surface area contributed by atoms with Crippen LogP contribution in [0.15, 0.2) is 5.16 Å². The fraction of sp³-hybridized carbons (Fsp3) is 0.889. The van der Waals surface area contributed by atoms with Crippen LogP contribution in [0.1, 0.15) is 26.2 Å². The predicted octanol–water partition coefficient (Wildman–Crippen LogP) is 1.81. The van der Waals surface area contributed by atoms with E-state index in [0.29, 0.717) is 12.0 Å². The van der Waals surface area contributed by atoms with Gasteiger partial charge in [-0.3, -0.25) is 0 Å². The van der Waals surface area contributed by atoms with Crippen molar-refractivity contribution < 1.29 is 4.84 Å². The molecule has 0 amide bonds. The van der Waals surface area contributed by atoms with Gasteiger partial charge in [0.15, 0.2) is 0 Å². The summed E-state index contributed by atoms with van der Waals surface area (Å²) in [6.45, 7) is 2.12. The standard InChI is InChI=1S/C9H13NO/c1-5-8-6-2-3-7(4-6)9(8)11-10-5/h6-9H,2-4H2,1H3/t6-,7+,8+,9-/m1/s1. The van der Waals surface area contributed by atoms with Crippen LogP contribution < -0.4 is 0 Å². The Hall–Kier alpha value is -0.530. The van der Waals surface area contributed by atoms with Crippen molar-refractivity contribution in [3.63, 3.8) is 0 Å². The first kappa shape index (κ1) is 6.04. The molecule has 2 fully saturated rings. The lowest BCUT2D eigenvalue weighted by Gasteiger charge is -2.21. The van der Waals surface area contributed by atoms with Crippen LogP contribution in [0, 0.1) is 17.8 Å². The van der Waals surface area contributed by atoms with Gasteiger partial charge in [0.05, 0.1) is 5.71 Å². The molecule has 2 nitrogen and oxygen atoms in total. The Morgan fingerprint density at radius 3 is 3.00 bits per heavy atom. The van der Waals surface area contributed by atoms with Crippen LogP contribution in [-0.2, 0) is 4.84 Å². The van der Waals surface area contributed by atoms with Crippen molar-refractivity contribution in [2.45, 2.75) is 32.3 Å². The van der Waals surface area contributed by atoms with Gasteiger partial charge in [0, 0.05) is 5.92 Å². The van der Waals surface area contributed by atoms with Crippen LogP contribution in [0.4, 0.5) is 0 Å². The lowest BCUT2D eigenvalue weighted by Crippen LogP contribution is -2.28. The van der Waals surface area contributed by atoms with E-state index in [0.717, 1.165) is 11.8 Å². The minimum Gasteiger partial charge on any atom is -0.392 e. The molecule has 2 heteroatoms. The number of hydrogen-bond donors (Lipinski definition) is 0. The first-order chi connectivity index (χ1) is 5.36. The van der Waals surface area contributed by atoms with Crippen LogP contribution in [0.3, 0.4) is 0 Å². The Morgan fingerprint density at radius 2 is 2.18 bits per heavy atom. The molecule has 0 radical (unpaired) electrons. The number of oxime groups is 1. The molecule has 0 N–H and O–H groups in total. The third kappa shape index (κ3) is 0.608. The second-order valence-electron chi connectivity index (χ2n) is 4.16. The quantitative estimate of drug-likeness (QED) is 0.517. The molecule has 2 bridgehead atoms. The van der Waals surface area contributed by atoms with Crippen LogP contribution in [0.5, 0.6) is 0 Å². The molecule has 11 heavy (non-hydrogen) atoms. The van der Waals surface area contributed by atoms with Gasteiger partial charge in [-0.1, -0.05) is 5.16 Å². The number of hydrogen-bond acceptors (Lipinski definition) is 2. The fourth-order valence-electron chi connectivity index (χ4n) is 3.17. The molecule has 0 aromatic heterocycles. The van der Waals surface area contributed by atoms with E-state index in [4.69, 9.17) is 4.84 Å². The van der Waals surface area contributed by atoms with Crippen molar-refractivity contribution in [3.05, 3.63) is 0 Å². The maximum atomic E-state index is 5.41. The predicted molar refractivity (Wildman–Crippen MR) is 42.3 cm³/mol. The van der Waals surface area contributed by atoms with Gasteiger partial charge in [-0.2, -0.15) is 0 Å². The van der Waals surface area contributed by atoms with E-state index >= 15 is 0 Å². The summed E-state index contributed by atoms with van der Waals surface area (Å²) >= 11 is 0. The summed E-state index contributed by atoms with van der Waals surface area (Å²) in [5.41, 5.74) is 1.25. The van der Waals surface area contributed by atoms with Gasteiger partial charge in [-0.25, -0.2) is 0 Å². The smallest absolute Gasteiger partial charge is 0.138 e. The molecular formula is C9H13NO. The van der Waals surface area contributed by atoms with Gasteiger partial charge in [0.25, 0.3) is 0 Å². The van der Waals surface area contributed by atoms with Gasteiger partial charge in [0.1, 0.15) is 6.10 Å². The molecule has 0 unspecified atom stereocenters. The van der Waals surface area contributed by atoms with Gasteiger partial charge in [0.2, 0.25) is 0 Å². The van der Waals surface area contributed by atoms with E-state index < -0.39 is 0 Å². The highest BCUT2D eigenvalue weighted by atomic mass is 16.6. The SMILES string of the molecule is CC1=NO[C@@H]2[C@H]3CC[C@H](C3)[C@H]12. The third-order valence-electron chi connectivity index (χ3n) is 3.64. The molecule has 0 spiro atoms. The van der Waals surface area contributed by atoms with E-state index in [9.17, 15) is 0 Å². The molecule has 0 aromatic carbocycles. The lowest BCUT2D eigenvalue weighted by atomic mass is 9.84. The highest BCUT2D eigenvalue weighted by molar-refractivity contribution is 5.86. The van der Waals surface area contributed by atoms with Crippen LogP contribution in [0.2, 0.25) is 0 Å². The highest BCUT2D eigenvalue weighted by Crippen LogP contribution is 2.52. The van der Waals surface area contributed by atoms with Crippen molar-refractivity contribution >= 4 is 5.71 Å². The normalized spacial score (nSPS) is 52.3. The molecule has 0 aromatic rings. The zero-order chi connectivity index (χ0) is 7.42. The Balaban J connectivity index is 1.96. The average molecular weight is 151 g/mol. The molecule has 1 heterocycles. The molecule has 1 aliphatic heterocycles. The van der Waals surface area contributed by atoms with E-state index in [1.807, 2.05) is 0 Å². The summed E-state index contributed by atoms with van der Waals surface area (Å²) in [7, 11) is 0. The topological polar surface area (TPSA) is 21.6 Å². The van der Waals surface area contributed by atoms with Crippen molar-refractivity contribution in [2.24, 2.45) is 22.9 Å². The summed E-state index contributed by atoms with van der Waals surface area (Å²) in [6, 6.07) is 0. The van der Waals surface area contributed by atoms with E-state index in [-0.39, 0.29) is 0 Å². The summed E-state index contributed by atoms with van der Waals surface area (Å²) in [5, 5.41) is 4.08. The summed E-state index contributed by atoms with van der Waals surface area (Å²) in [4.78, 5) is 5.41. The minimum atomic E-state index is 0.480. The number of fused-ring (bicyclic) bond motifs is 5. The average Bonchev–Trinajstić information content (AvgIpc) is 2.60. The molecule has 3 aliphatic rings. The Labute approximate surface area is 66.6 Å². The van der Waals surface area contributed by atoms with Crippen LogP contribution in [-0.4, -0.2) is 11.8 Å². The largest absolute Gasteiger partial charge is 0.392 e. The Kier molecular flexibility index (Phi) is 0.984. The van der Waals surface area contributed by atoms with Crippen molar-refractivity contribution in [2.75, 3.05) is 0 Å². The summed E-state index contributed by atoms with van der Waals surface area (Å²) in [5.74, 6) is 2.45. The minimum absolute atomic E-state index is 0.480. The molecule has 4 atom stereocenters. The zero-order valence-corrected chi connectivity index (χ0v) is 6.79. The molecule has 3 rings (SSSR count). The lowest BCUT2D eigenvalue weighted by molar-refractivity contribution is 0.0275. The maximum Gasteiger partial charge on any atom is 0.138 e. The Bertz CT molecular complexity index is 224. The molecule has 2 aliphatic carbocycles. The molecular weight excluding hydrogens is 138 g/mol. The van der Waals surface area contributed by atoms with E-state index in [1.165, 1.54) is 25.0 Å². The van der Waals surface area contributed by atoms with Crippen LogP contribution in [0.25, 0.3) is 0 Å². The summed E-state index contributed by atoms with van der Waals surface area (Å²) < 4.78 is 0. The number of rotatable bonds is 0.